The summed E-state index contributed by atoms with van der Waals surface area (Å²) in [6.07, 6.45) is 0. The first kappa shape index (κ1) is 9.19. The van der Waals surface area contributed by atoms with E-state index in [9.17, 15) is 0 Å². The highest BCUT2D eigenvalue weighted by molar-refractivity contribution is 14.2. The van der Waals surface area contributed by atoms with Gasteiger partial charge in [-0.3, -0.25) is 0 Å². The van der Waals surface area contributed by atoms with Gasteiger partial charge in [-0.25, -0.2) is 0 Å². The normalized spacial score (nSPS) is 9.64. The van der Waals surface area contributed by atoms with Gasteiger partial charge in [0.2, 0.25) is 0 Å². The molecule has 0 fully saturated rings. The van der Waals surface area contributed by atoms with Crippen molar-refractivity contribution in [2.45, 2.75) is 5.75 Å². The van der Waals surface area contributed by atoms with Crippen LogP contribution in [0.2, 0.25) is 0 Å². The highest BCUT2D eigenvalue weighted by Crippen LogP contribution is 2.20. The van der Waals surface area contributed by atoms with Crippen molar-refractivity contribution in [3.8, 4) is 5.75 Å². The van der Waals surface area contributed by atoms with Gasteiger partial charge in [-0.2, -0.15) is 0 Å². The Kier molecular flexibility index (Phi) is 4.07. The first-order valence-corrected chi connectivity index (χ1v) is 6.76. The molecule has 0 radical (unpaired) electrons. The fraction of sp³-hybridized carbons (Fsp3) is 0.250. The van der Waals surface area contributed by atoms with E-state index < -0.39 is 0 Å². The summed E-state index contributed by atoms with van der Waals surface area (Å²) in [6.45, 7) is 0. The van der Waals surface area contributed by atoms with Crippen LogP contribution >= 0.6 is 30.1 Å². The van der Waals surface area contributed by atoms with Crippen LogP contribution in [0.25, 0.3) is 0 Å². The van der Waals surface area contributed by atoms with Crippen molar-refractivity contribution in [2.75, 3.05) is 7.11 Å². The maximum absolute atomic E-state index is 5.04. The Morgan fingerprint density at radius 3 is 2.45 bits per heavy atom. The van der Waals surface area contributed by atoms with Gasteiger partial charge in [-0.15, -0.1) is 0 Å². The summed E-state index contributed by atoms with van der Waals surface area (Å²) in [5.41, 5.74) is 1.34. The molecule has 0 heterocycles. The van der Waals surface area contributed by atoms with E-state index in [1.165, 1.54) is 5.56 Å². The van der Waals surface area contributed by atoms with E-state index in [2.05, 4.69) is 33.3 Å². The number of hydrogen-bond donors (Lipinski definition) is 0. The summed E-state index contributed by atoms with van der Waals surface area (Å²) in [5.74, 6) is 1.98. The molecule has 0 saturated heterocycles. The predicted molar refractivity (Wildman–Crippen MR) is 58.3 cm³/mol. The van der Waals surface area contributed by atoms with Crippen LogP contribution in [0, 0.1) is 0 Å². The van der Waals surface area contributed by atoms with Crippen molar-refractivity contribution >= 4 is 30.1 Å². The zero-order valence-corrected chi connectivity index (χ0v) is 9.18. The molecule has 11 heavy (non-hydrogen) atoms. The number of ether oxygens (including phenoxy) is 1. The highest BCUT2D eigenvalue weighted by Gasteiger charge is 1.92. The molecule has 0 N–H and O–H groups in total. The zero-order chi connectivity index (χ0) is 8.10. The Balaban J connectivity index is 2.66. The van der Waals surface area contributed by atoms with Gasteiger partial charge in [0.15, 0.2) is 0 Å². The fourth-order valence-corrected chi connectivity index (χ4v) is 2.18. The van der Waals surface area contributed by atoms with Gasteiger partial charge in [0.1, 0.15) is 5.75 Å². The minimum Gasteiger partial charge on any atom is -0.497 e. The minimum absolute atomic E-state index is 0.923. The Bertz CT molecular complexity index is 210. The molecule has 60 valence electrons. The average Bonchev–Trinajstić information content (AvgIpc) is 2.07. The Morgan fingerprint density at radius 2 is 2.00 bits per heavy atom. The summed E-state index contributed by atoms with van der Waals surface area (Å²) < 4.78 is 5.04. The molecule has 3 heteroatoms. The highest BCUT2D eigenvalue weighted by atomic mass is 127. The van der Waals surface area contributed by atoms with Crippen LogP contribution in [0.4, 0.5) is 0 Å². The summed E-state index contributed by atoms with van der Waals surface area (Å²) in [5, 5.41) is 0. The molecule has 0 saturated carbocycles. The molecule has 1 aromatic rings. The lowest BCUT2D eigenvalue weighted by Crippen LogP contribution is -1.82. The molecular formula is C8H9IOS. The SMILES string of the molecule is COc1ccc(CSI)cc1. The molecule has 0 atom stereocenters. The van der Waals surface area contributed by atoms with E-state index in [-0.39, 0.29) is 0 Å². The summed E-state index contributed by atoms with van der Waals surface area (Å²) in [6, 6.07) is 8.15. The van der Waals surface area contributed by atoms with E-state index >= 15 is 0 Å². The van der Waals surface area contributed by atoms with E-state index in [1.54, 1.807) is 16.0 Å². The number of hydrogen-bond acceptors (Lipinski definition) is 2. The van der Waals surface area contributed by atoms with Crippen LogP contribution in [0.1, 0.15) is 5.56 Å². The standard InChI is InChI=1S/C8H9IOS/c1-10-8-4-2-7(3-5-8)6-11-9/h2-5H,6H2,1H3. The quantitative estimate of drug-likeness (QED) is 0.786. The van der Waals surface area contributed by atoms with Crippen LogP contribution < -0.4 is 4.74 Å². The van der Waals surface area contributed by atoms with Gasteiger partial charge < -0.3 is 4.74 Å². The lowest BCUT2D eigenvalue weighted by molar-refractivity contribution is 0.414. The maximum atomic E-state index is 5.04. The molecule has 1 rings (SSSR count). The molecule has 0 aromatic heterocycles. The van der Waals surface area contributed by atoms with Crippen molar-refractivity contribution in [3.05, 3.63) is 29.8 Å². The molecule has 0 aliphatic carbocycles. The third-order valence-electron chi connectivity index (χ3n) is 1.38. The lowest BCUT2D eigenvalue weighted by Gasteiger charge is -2.00. The number of benzene rings is 1. The molecule has 1 nitrogen and oxygen atoms in total. The van der Waals surface area contributed by atoms with Gasteiger partial charge in [0.25, 0.3) is 0 Å². The molecule has 1 aromatic carbocycles. The van der Waals surface area contributed by atoms with E-state index in [4.69, 9.17) is 4.74 Å². The van der Waals surface area contributed by atoms with Crippen molar-refractivity contribution in [3.63, 3.8) is 0 Å². The third-order valence-corrected chi connectivity index (χ3v) is 2.76. The molecular weight excluding hydrogens is 271 g/mol. The molecule has 0 aliphatic heterocycles. The largest absolute Gasteiger partial charge is 0.497 e. The topological polar surface area (TPSA) is 9.23 Å². The first-order chi connectivity index (χ1) is 5.36. The zero-order valence-electron chi connectivity index (χ0n) is 6.21. The Morgan fingerprint density at radius 1 is 1.36 bits per heavy atom. The monoisotopic (exact) mass is 280 g/mol. The fourth-order valence-electron chi connectivity index (χ4n) is 0.785. The molecule has 0 amide bonds. The van der Waals surface area contributed by atoms with Crippen molar-refractivity contribution in [1.29, 1.82) is 0 Å². The smallest absolute Gasteiger partial charge is 0.118 e. The second kappa shape index (κ2) is 4.87. The molecule has 0 aliphatic rings. The Labute approximate surface area is 83.1 Å². The van der Waals surface area contributed by atoms with E-state index in [1.807, 2.05) is 12.1 Å². The van der Waals surface area contributed by atoms with Crippen LogP contribution in [0.5, 0.6) is 5.75 Å². The first-order valence-electron chi connectivity index (χ1n) is 3.23. The summed E-state index contributed by atoms with van der Waals surface area (Å²) in [7, 11) is 3.48. The minimum atomic E-state index is 0.923. The average molecular weight is 280 g/mol. The van der Waals surface area contributed by atoms with Crippen molar-refractivity contribution in [1.82, 2.24) is 0 Å². The van der Waals surface area contributed by atoms with E-state index in [0.29, 0.717) is 0 Å². The van der Waals surface area contributed by atoms with E-state index in [0.717, 1.165) is 11.5 Å². The number of methoxy groups -OCH3 is 1. The molecule has 0 bridgehead atoms. The maximum Gasteiger partial charge on any atom is 0.118 e. The van der Waals surface area contributed by atoms with Gasteiger partial charge in [0, 0.05) is 5.75 Å². The lowest BCUT2D eigenvalue weighted by atomic mass is 10.2. The third kappa shape index (κ3) is 2.91. The van der Waals surface area contributed by atoms with Gasteiger partial charge in [-0.05, 0) is 38.9 Å². The second-order valence-corrected chi connectivity index (χ2v) is 4.48. The van der Waals surface area contributed by atoms with Gasteiger partial charge >= 0.3 is 0 Å². The van der Waals surface area contributed by atoms with Crippen LogP contribution in [-0.2, 0) is 5.75 Å². The number of halogens is 1. The van der Waals surface area contributed by atoms with Crippen LogP contribution in [-0.4, -0.2) is 7.11 Å². The Hall–Kier alpha value is 0.1000. The second-order valence-electron chi connectivity index (χ2n) is 2.10. The van der Waals surface area contributed by atoms with Crippen LogP contribution in [0.3, 0.4) is 0 Å². The van der Waals surface area contributed by atoms with Gasteiger partial charge in [0.05, 0.1) is 7.11 Å². The summed E-state index contributed by atoms with van der Waals surface area (Å²) >= 11 is 2.29. The molecule has 0 spiro atoms. The predicted octanol–water partition coefficient (Wildman–Crippen LogP) is 3.28. The van der Waals surface area contributed by atoms with Crippen molar-refractivity contribution < 1.29 is 4.74 Å². The number of rotatable bonds is 3. The van der Waals surface area contributed by atoms with Crippen molar-refractivity contribution in [2.24, 2.45) is 0 Å². The molecule has 0 unspecified atom stereocenters. The summed E-state index contributed by atoms with van der Waals surface area (Å²) in [4.78, 5) is 0. The van der Waals surface area contributed by atoms with Gasteiger partial charge in [-0.1, -0.05) is 21.1 Å². The van der Waals surface area contributed by atoms with Crippen LogP contribution in [0.15, 0.2) is 24.3 Å².